The molecular formula is C22H24N6O3. The van der Waals surface area contributed by atoms with Crippen LogP contribution in [0.25, 0.3) is 11.1 Å². The molecule has 0 spiro atoms. The molecule has 1 saturated heterocycles. The summed E-state index contributed by atoms with van der Waals surface area (Å²) in [6, 6.07) is 10.0. The maximum Gasteiger partial charge on any atom is 0.246 e. The third-order valence-corrected chi connectivity index (χ3v) is 4.98. The number of ether oxygens (including phenoxy) is 2. The molecule has 0 aliphatic carbocycles. The quantitative estimate of drug-likeness (QED) is 0.580. The molecule has 3 aromatic rings. The van der Waals surface area contributed by atoms with Crippen LogP contribution in [0.2, 0.25) is 0 Å². The van der Waals surface area contributed by atoms with Crippen molar-refractivity contribution in [2.45, 2.75) is 12.6 Å². The minimum atomic E-state index is -0.275. The van der Waals surface area contributed by atoms with Crippen LogP contribution >= 0.6 is 0 Å². The van der Waals surface area contributed by atoms with E-state index in [1.54, 1.807) is 11.1 Å². The molecule has 1 aliphatic heterocycles. The smallest absolute Gasteiger partial charge is 0.246 e. The van der Waals surface area contributed by atoms with Crippen molar-refractivity contribution in [3.05, 3.63) is 67.3 Å². The number of hydrogen-bond donors (Lipinski definition) is 1. The largest absolute Gasteiger partial charge is 0.474 e. The Morgan fingerprint density at radius 3 is 2.97 bits per heavy atom. The van der Waals surface area contributed by atoms with Gasteiger partial charge in [-0.05, 0) is 11.6 Å². The maximum atomic E-state index is 11.9. The molecule has 9 nitrogen and oxygen atoms in total. The molecule has 1 amide bonds. The van der Waals surface area contributed by atoms with E-state index >= 15 is 0 Å². The zero-order chi connectivity index (χ0) is 21.6. The van der Waals surface area contributed by atoms with E-state index in [1.807, 2.05) is 41.2 Å². The first-order valence-electron chi connectivity index (χ1n) is 9.97. The van der Waals surface area contributed by atoms with Crippen LogP contribution in [0.4, 0.5) is 5.82 Å². The van der Waals surface area contributed by atoms with E-state index in [4.69, 9.17) is 15.2 Å². The van der Waals surface area contributed by atoms with Gasteiger partial charge in [0.05, 0.1) is 31.5 Å². The van der Waals surface area contributed by atoms with Gasteiger partial charge in [-0.15, -0.1) is 0 Å². The molecule has 160 valence electrons. The van der Waals surface area contributed by atoms with Crippen molar-refractivity contribution in [3.8, 4) is 17.0 Å². The predicted molar refractivity (Wildman–Crippen MR) is 115 cm³/mol. The van der Waals surface area contributed by atoms with Crippen LogP contribution in [-0.4, -0.2) is 63.0 Å². The van der Waals surface area contributed by atoms with Crippen molar-refractivity contribution in [1.29, 1.82) is 0 Å². The molecule has 0 radical (unpaired) electrons. The van der Waals surface area contributed by atoms with Crippen molar-refractivity contribution in [3.63, 3.8) is 0 Å². The number of nitrogen functional groups attached to an aromatic ring is 1. The molecule has 1 aromatic carbocycles. The van der Waals surface area contributed by atoms with Gasteiger partial charge < -0.3 is 20.1 Å². The number of nitrogens with two attached hydrogens (primary N) is 1. The van der Waals surface area contributed by atoms with Gasteiger partial charge in [-0.3, -0.25) is 9.48 Å². The van der Waals surface area contributed by atoms with Crippen molar-refractivity contribution in [2.75, 3.05) is 32.0 Å². The summed E-state index contributed by atoms with van der Waals surface area (Å²) in [7, 11) is 0. The molecule has 2 aromatic heterocycles. The van der Waals surface area contributed by atoms with Crippen molar-refractivity contribution >= 4 is 11.7 Å². The number of carbonyl (C=O) groups is 1. The van der Waals surface area contributed by atoms with E-state index in [0.717, 1.165) is 11.1 Å². The maximum absolute atomic E-state index is 11.9. The number of benzene rings is 1. The van der Waals surface area contributed by atoms with Gasteiger partial charge in [0.15, 0.2) is 0 Å². The predicted octanol–water partition coefficient (Wildman–Crippen LogP) is 1.76. The SMILES string of the molecule is C=CC(=O)N1CCOC(COc2ncnc(N)c2-c2cnn(Cc3ccccc3)c2)C1. The second-order valence-corrected chi connectivity index (χ2v) is 7.14. The van der Waals surface area contributed by atoms with Crippen LogP contribution < -0.4 is 10.5 Å². The molecule has 1 atom stereocenters. The van der Waals surface area contributed by atoms with Gasteiger partial charge in [-0.25, -0.2) is 9.97 Å². The van der Waals surface area contributed by atoms with E-state index in [0.29, 0.717) is 43.5 Å². The molecule has 9 heteroatoms. The summed E-state index contributed by atoms with van der Waals surface area (Å²) in [5, 5.41) is 4.43. The fraction of sp³-hybridized carbons (Fsp3) is 0.273. The van der Waals surface area contributed by atoms with Gasteiger partial charge in [-0.1, -0.05) is 36.9 Å². The Labute approximate surface area is 180 Å². The average molecular weight is 420 g/mol. The first-order chi connectivity index (χ1) is 15.1. The summed E-state index contributed by atoms with van der Waals surface area (Å²) in [5.41, 5.74) is 8.62. The van der Waals surface area contributed by atoms with E-state index in [1.165, 1.54) is 12.4 Å². The Hall–Kier alpha value is -3.72. The number of nitrogens with zero attached hydrogens (tertiary/aromatic N) is 5. The lowest BCUT2D eigenvalue weighted by Crippen LogP contribution is -2.47. The monoisotopic (exact) mass is 420 g/mol. The first-order valence-corrected chi connectivity index (χ1v) is 9.97. The molecule has 1 unspecified atom stereocenters. The Kier molecular flexibility index (Phi) is 6.23. The van der Waals surface area contributed by atoms with Crippen LogP contribution in [-0.2, 0) is 16.1 Å². The van der Waals surface area contributed by atoms with Crippen LogP contribution in [0.5, 0.6) is 5.88 Å². The summed E-state index contributed by atoms with van der Waals surface area (Å²) in [6.07, 6.45) is 5.99. The molecule has 31 heavy (non-hydrogen) atoms. The Morgan fingerprint density at radius 2 is 2.16 bits per heavy atom. The van der Waals surface area contributed by atoms with Crippen LogP contribution in [0.15, 0.2) is 61.7 Å². The lowest BCUT2D eigenvalue weighted by Gasteiger charge is -2.32. The number of anilines is 1. The van der Waals surface area contributed by atoms with Gasteiger partial charge >= 0.3 is 0 Å². The highest BCUT2D eigenvalue weighted by Crippen LogP contribution is 2.32. The van der Waals surface area contributed by atoms with Crippen LogP contribution in [0.1, 0.15) is 5.56 Å². The lowest BCUT2D eigenvalue weighted by molar-refractivity contribution is -0.134. The standard InChI is InChI=1S/C22H24N6O3/c1-2-19(29)27-8-9-30-18(13-27)14-31-22-20(21(23)24-15-25-22)17-10-26-28(12-17)11-16-6-4-3-5-7-16/h2-7,10,12,15,18H,1,8-9,11,13-14H2,(H2,23,24,25). The molecule has 0 bridgehead atoms. The summed E-state index contributed by atoms with van der Waals surface area (Å²) in [6.45, 7) is 5.80. The number of amides is 1. The zero-order valence-electron chi connectivity index (χ0n) is 17.1. The van der Waals surface area contributed by atoms with Gasteiger partial charge in [0.1, 0.15) is 24.9 Å². The Morgan fingerprint density at radius 1 is 1.32 bits per heavy atom. The number of aromatic nitrogens is 4. The van der Waals surface area contributed by atoms with Crippen molar-refractivity contribution < 1.29 is 14.3 Å². The second kappa shape index (κ2) is 9.40. The zero-order valence-corrected chi connectivity index (χ0v) is 17.1. The van der Waals surface area contributed by atoms with Gasteiger partial charge in [0.25, 0.3) is 0 Å². The van der Waals surface area contributed by atoms with E-state index in [-0.39, 0.29) is 18.6 Å². The fourth-order valence-electron chi connectivity index (χ4n) is 3.43. The van der Waals surface area contributed by atoms with Crippen LogP contribution in [0.3, 0.4) is 0 Å². The molecule has 4 rings (SSSR count). The topological polar surface area (TPSA) is 108 Å². The Balaban J connectivity index is 1.48. The molecule has 0 saturated carbocycles. The van der Waals surface area contributed by atoms with E-state index < -0.39 is 0 Å². The van der Waals surface area contributed by atoms with Crippen molar-refractivity contribution in [1.82, 2.24) is 24.6 Å². The highest BCUT2D eigenvalue weighted by molar-refractivity contribution is 5.87. The second-order valence-electron chi connectivity index (χ2n) is 7.14. The minimum Gasteiger partial charge on any atom is -0.474 e. The number of rotatable bonds is 7. The van der Waals surface area contributed by atoms with Gasteiger partial charge in [0, 0.05) is 18.3 Å². The third kappa shape index (κ3) is 4.89. The molecule has 3 heterocycles. The number of morpholine rings is 1. The Bertz CT molecular complexity index is 1050. The third-order valence-electron chi connectivity index (χ3n) is 4.98. The summed E-state index contributed by atoms with van der Waals surface area (Å²) >= 11 is 0. The summed E-state index contributed by atoms with van der Waals surface area (Å²) in [4.78, 5) is 21.9. The van der Waals surface area contributed by atoms with Crippen molar-refractivity contribution in [2.24, 2.45) is 0 Å². The first kappa shape index (κ1) is 20.5. The molecule has 1 fully saturated rings. The minimum absolute atomic E-state index is 0.119. The summed E-state index contributed by atoms with van der Waals surface area (Å²) < 4.78 is 13.5. The lowest BCUT2D eigenvalue weighted by atomic mass is 10.1. The number of carbonyl (C=O) groups excluding carboxylic acids is 1. The fourth-order valence-corrected chi connectivity index (χ4v) is 3.43. The molecule has 2 N–H and O–H groups in total. The summed E-state index contributed by atoms with van der Waals surface area (Å²) in [5.74, 6) is 0.533. The van der Waals surface area contributed by atoms with E-state index in [9.17, 15) is 4.79 Å². The number of hydrogen-bond acceptors (Lipinski definition) is 7. The normalized spacial score (nSPS) is 16.1. The van der Waals surface area contributed by atoms with Gasteiger partial charge in [-0.2, -0.15) is 5.10 Å². The average Bonchev–Trinajstić information content (AvgIpc) is 3.25. The van der Waals surface area contributed by atoms with Crippen LogP contribution in [0, 0.1) is 0 Å². The molecular weight excluding hydrogens is 396 g/mol. The highest BCUT2D eigenvalue weighted by atomic mass is 16.5. The van der Waals surface area contributed by atoms with Gasteiger partial charge in [0.2, 0.25) is 11.8 Å². The van der Waals surface area contributed by atoms with E-state index in [2.05, 4.69) is 21.6 Å². The highest BCUT2D eigenvalue weighted by Gasteiger charge is 2.24. The molecule has 1 aliphatic rings.